The smallest absolute Gasteiger partial charge is 0.230 e. The van der Waals surface area contributed by atoms with E-state index in [1.165, 1.54) is 0 Å². The number of amides is 1. The first kappa shape index (κ1) is 15.5. The summed E-state index contributed by atoms with van der Waals surface area (Å²) in [6.07, 6.45) is 0. The number of halogens is 1. The van der Waals surface area contributed by atoms with Gasteiger partial charge < -0.3 is 10.5 Å². The zero-order valence-corrected chi connectivity index (χ0v) is 12.7. The molecule has 0 aliphatic rings. The molecular formula is C15H14ClNO3S. The zero-order valence-electron chi connectivity index (χ0n) is 11.1. The van der Waals surface area contributed by atoms with Crippen molar-refractivity contribution in [2.75, 3.05) is 5.75 Å². The van der Waals surface area contributed by atoms with E-state index in [0.717, 1.165) is 5.56 Å². The molecule has 1 amide bonds. The van der Waals surface area contributed by atoms with Gasteiger partial charge in [-0.15, -0.1) is 0 Å². The van der Waals surface area contributed by atoms with Crippen LogP contribution in [0.5, 0.6) is 11.5 Å². The van der Waals surface area contributed by atoms with E-state index in [0.29, 0.717) is 22.3 Å². The molecule has 0 saturated heterocycles. The first-order valence-electron chi connectivity index (χ1n) is 6.18. The molecule has 6 heteroatoms. The molecule has 1 atom stereocenters. The molecule has 0 aromatic heterocycles. The second-order valence-electron chi connectivity index (χ2n) is 4.39. The van der Waals surface area contributed by atoms with Gasteiger partial charge in [0, 0.05) is 21.6 Å². The molecule has 0 heterocycles. The van der Waals surface area contributed by atoms with E-state index in [-0.39, 0.29) is 5.75 Å². The highest BCUT2D eigenvalue weighted by atomic mass is 35.5. The average Bonchev–Trinajstić information content (AvgIpc) is 2.42. The van der Waals surface area contributed by atoms with E-state index in [9.17, 15) is 9.00 Å². The molecule has 2 aromatic carbocycles. The second-order valence-corrected chi connectivity index (χ2v) is 6.29. The Labute approximate surface area is 130 Å². The van der Waals surface area contributed by atoms with Gasteiger partial charge in [0.2, 0.25) is 5.91 Å². The molecule has 0 saturated carbocycles. The summed E-state index contributed by atoms with van der Waals surface area (Å²) in [5, 5.41) is 0.648. The Kier molecular flexibility index (Phi) is 5.36. The van der Waals surface area contributed by atoms with Gasteiger partial charge in [-0.05, 0) is 42.0 Å². The van der Waals surface area contributed by atoms with Gasteiger partial charge in [-0.1, -0.05) is 23.7 Å². The van der Waals surface area contributed by atoms with Crippen molar-refractivity contribution in [2.45, 2.75) is 5.75 Å². The Hall–Kier alpha value is -1.85. The van der Waals surface area contributed by atoms with E-state index in [1.54, 1.807) is 36.4 Å². The van der Waals surface area contributed by atoms with Gasteiger partial charge in [-0.3, -0.25) is 9.00 Å². The Morgan fingerprint density at radius 1 is 1.05 bits per heavy atom. The third-order valence-corrected chi connectivity index (χ3v) is 4.12. The predicted molar refractivity (Wildman–Crippen MR) is 83.9 cm³/mol. The van der Waals surface area contributed by atoms with Crippen molar-refractivity contribution in [2.24, 2.45) is 5.73 Å². The molecule has 21 heavy (non-hydrogen) atoms. The molecule has 2 rings (SSSR count). The molecule has 0 fully saturated rings. The molecule has 2 N–H and O–H groups in total. The minimum atomic E-state index is -1.28. The van der Waals surface area contributed by atoms with Crippen LogP contribution in [0, 0.1) is 0 Å². The predicted octanol–water partition coefficient (Wildman–Crippen LogP) is 2.87. The highest BCUT2D eigenvalue weighted by Crippen LogP contribution is 2.23. The van der Waals surface area contributed by atoms with Gasteiger partial charge in [0.25, 0.3) is 0 Å². The molecule has 2 aromatic rings. The molecule has 110 valence electrons. The molecule has 0 bridgehead atoms. The van der Waals surface area contributed by atoms with Gasteiger partial charge in [0.15, 0.2) is 0 Å². The molecule has 0 aliphatic heterocycles. The first-order valence-corrected chi connectivity index (χ1v) is 8.05. The number of carbonyl (C=O) groups excluding carboxylic acids is 1. The van der Waals surface area contributed by atoms with E-state index in [2.05, 4.69) is 0 Å². The van der Waals surface area contributed by atoms with E-state index in [1.807, 2.05) is 12.1 Å². The normalized spacial score (nSPS) is 11.9. The molecule has 0 aliphatic carbocycles. The fourth-order valence-corrected chi connectivity index (χ4v) is 2.80. The summed E-state index contributed by atoms with van der Waals surface area (Å²) in [6.45, 7) is 0. The Bertz CT molecular complexity index is 641. The van der Waals surface area contributed by atoms with Crippen LogP contribution in [0.2, 0.25) is 5.02 Å². The highest BCUT2D eigenvalue weighted by molar-refractivity contribution is 7.84. The lowest BCUT2D eigenvalue weighted by Crippen LogP contribution is -2.20. The lowest BCUT2D eigenvalue weighted by Gasteiger charge is -2.07. The molecule has 0 spiro atoms. The SMILES string of the molecule is NC(=O)C[S@@](=O)Cc1ccc(Oc2ccc(Cl)cc2)cc1. The second kappa shape index (κ2) is 7.24. The van der Waals surface area contributed by atoms with Crippen molar-refractivity contribution in [1.29, 1.82) is 0 Å². The van der Waals surface area contributed by atoms with Crippen molar-refractivity contribution >= 4 is 28.3 Å². The van der Waals surface area contributed by atoms with Crippen LogP contribution in [0.25, 0.3) is 0 Å². The van der Waals surface area contributed by atoms with E-state index < -0.39 is 16.7 Å². The minimum Gasteiger partial charge on any atom is -0.457 e. The van der Waals surface area contributed by atoms with Crippen LogP contribution < -0.4 is 10.5 Å². The third-order valence-electron chi connectivity index (χ3n) is 2.60. The van der Waals surface area contributed by atoms with Crippen molar-refractivity contribution < 1.29 is 13.7 Å². The molecule has 0 radical (unpaired) electrons. The van der Waals surface area contributed by atoms with Gasteiger partial charge in [0.05, 0.1) is 0 Å². The molecule has 0 unspecified atom stereocenters. The maximum absolute atomic E-state index is 11.6. The van der Waals surface area contributed by atoms with Crippen molar-refractivity contribution in [1.82, 2.24) is 0 Å². The number of ether oxygens (including phenoxy) is 1. The fraction of sp³-hybridized carbons (Fsp3) is 0.133. The van der Waals surface area contributed by atoms with Gasteiger partial charge in [-0.25, -0.2) is 0 Å². The third kappa shape index (κ3) is 5.21. The summed E-state index contributed by atoms with van der Waals surface area (Å²) in [5.74, 6) is 0.968. The van der Waals surface area contributed by atoms with Crippen molar-refractivity contribution in [3.05, 3.63) is 59.1 Å². The van der Waals surface area contributed by atoms with Crippen LogP contribution in [-0.2, 0) is 21.3 Å². The quantitative estimate of drug-likeness (QED) is 0.888. The molecular weight excluding hydrogens is 310 g/mol. The van der Waals surface area contributed by atoms with Crippen molar-refractivity contribution in [3.63, 3.8) is 0 Å². The summed E-state index contributed by atoms with van der Waals surface area (Å²) >= 11 is 5.80. The lowest BCUT2D eigenvalue weighted by molar-refractivity contribution is -0.115. The number of hydrogen-bond donors (Lipinski definition) is 1. The van der Waals surface area contributed by atoms with Crippen LogP contribution >= 0.6 is 11.6 Å². The number of rotatable bonds is 6. The first-order chi connectivity index (χ1) is 10.0. The lowest BCUT2D eigenvalue weighted by atomic mass is 10.2. The maximum Gasteiger partial charge on any atom is 0.230 e. The largest absolute Gasteiger partial charge is 0.457 e. The zero-order chi connectivity index (χ0) is 15.2. The summed E-state index contributed by atoms with van der Waals surface area (Å²) in [4.78, 5) is 10.7. The van der Waals surface area contributed by atoms with Crippen LogP contribution in [0.4, 0.5) is 0 Å². The number of benzene rings is 2. The highest BCUT2D eigenvalue weighted by Gasteiger charge is 2.06. The standard InChI is InChI=1S/C15H14ClNO3S/c16-12-3-7-14(8-4-12)20-13-5-1-11(2-6-13)9-21(19)10-15(17)18/h1-8H,9-10H2,(H2,17,18)/t21-/m0/s1. The van der Waals surface area contributed by atoms with Gasteiger partial charge >= 0.3 is 0 Å². The summed E-state index contributed by atoms with van der Waals surface area (Å²) in [5.41, 5.74) is 5.87. The minimum absolute atomic E-state index is 0.122. The van der Waals surface area contributed by atoms with E-state index >= 15 is 0 Å². The Morgan fingerprint density at radius 3 is 2.10 bits per heavy atom. The summed E-state index contributed by atoms with van der Waals surface area (Å²) in [6, 6.07) is 14.2. The topological polar surface area (TPSA) is 69.4 Å². The average molecular weight is 324 g/mol. The van der Waals surface area contributed by atoms with Gasteiger partial charge in [0.1, 0.15) is 17.3 Å². The summed E-state index contributed by atoms with van der Waals surface area (Å²) < 4.78 is 17.2. The number of nitrogens with two attached hydrogens (primary N) is 1. The van der Waals surface area contributed by atoms with Gasteiger partial charge in [-0.2, -0.15) is 0 Å². The van der Waals surface area contributed by atoms with Crippen LogP contribution in [0.15, 0.2) is 48.5 Å². The number of hydrogen-bond acceptors (Lipinski definition) is 3. The Balaban J connectivity index is 1.97. The summed E-state index contributed by atoms with van der Waals surface area (Å²) in [7, 11) is -1.28. The maximum atomic E-state index is 11.6. The van der Waals surface area contributed by atoms with Crippen LogP contribution in [-0.4, -0.2) is 15.9 Å². The van der Waals surface area contributed by atoms with Crippen LogP contribution in [0.3, 0.4) is 0 Å². The molecule has 4 nitrogen and oxygen atoms in total. The fourth-order valence-electron chi connectivity index (χ4n) is 1.69. The van der Waals surface area contributed by atoms with Crippen LogP contribution in [0.1, 0.15) is 5.56 Å². The van der Waals surface area contributed by atoms with Crippen molar-refractivity contribution in [3.8, 4) is 11.5 Å². The monoisotopic (exact) mass is 323 g/mol. The Morgan fingerprint density at radius 2 is 1.57 bits per heavy atom. The van der Waals surface area contributed by atoms with E-state index in [4.69, 9.17) is 22.1 Å². The number of carbonyl (C=O) groups is 1. The number of primary amides is 1.